The van der Waals surface area contributed by atoms with Crippen LogP contribution in [0.4, 0.5) is 0 Å². The van der Waals surface area contributed by atoms with Crippen molar-refractivity contribution >= 4 is 0 Å². The normalized spacial score (nSPS) is 14.8. The molecule has 0 aliphatic carbocycles. The average molecular weight is 434 g/mol. The third-order valence-corrected chi connectivity index (χ3v) is 5.32. The molecule has 9 nitrogen and oxygen atoms in total. The van der Waals surface area contributed by atoms with Gasteiger partial charge in [-0.3, -0.25) is 5.10 Å². The molecule has 1 atom stereocenters. The Bertz CT molecular complexity index is 1220. The highest BCUT2D eigenvalue weighted by Gasteiger charge is 2.36. The summed E-state index contributed by atoms with van der Waals surface area (Å²) in [5.41, 5.74) is 9.21. The number of H-pyrrole nitrogens is 1. The molecule has 1 aliphatic rings. The third-order valence-electron chi connectivity index (χ3n) is 5.32. The summed E-state index contributed by atoms with van der Waals surface area (Å²) >= 11 is 0. The zero-order chi connectivity index (χ0) is 22.8. The number of aromatic nitrogens is 2. The van der Waals surface area contributed by atoms with Gasteiger partial charge < -0.3 is 29.4 Å². The minimum absolute atomic E-state index is 0.0116. The van der Waals surface area contributed by atoms with Crippen LogP contribution in [0, 0.1) is 11.3 Å². The van der Waals surface area contributed by atoms with E-state index in [0.29, 0.717) is 39.8 Å². The predicted molar refractivity (Wildman–Crippen MR) is 116 cm³/mol. The number of hydrogen-bond donors (Lipinski definition) is 2. The van der Waals surface area contributed by atoms with Gasteiger partial charge in [0, 0.05) is 5.56 Å². The first-order chi connectivity index (χ1) is 15.6. The predicted octanol–water partition coefficient (Wildman–Crippen LogP) is 3.33. The molecule has 2 aromatic carbocycles. The van der Waals surface area contributed by atoms with Crippen molar-refractivity contribution in [2.45, 2.75) is 5.92 Å². The van der Waals surface area contributed by atoms with Crippen LogP contribution in [0.15, 0.2) is 47.9 Å². The summed E-state index contributed by atoms with van der Waals surface area (Å²) in [4.78, 5) is 0. The second-order valence-corrected chi connectivity index (χ2v) is 6.93. The van der Waals surface area contributed by atoms with Gasteiger partial charge in [-0.05, 0) is 29.8 Å². The van der Waals surface area contributed by atoms with Crippen molar-refractivity contribution in [2.75, 3.05) is 28.4 Å². The second-order valence-electron chi connectivity index (χ2n) is 6.93. The zero-order valence-electron chi connectivity index (χ0n) is 18.1. The average Bonchev–Trinajstić information content (AvgIpc) is 3.25. The number of nitrogens with one attached hydrogen (secondary N) is 1. The van der Waals surface area contributed by atoms with Crippen molar-refractivity contribution in [3.63, 3.8) is 0 Å². The van der Waals surface area contributed by atoms with Crippen molar-refractivity contribution in [2.24, 2.45) is 5.73 Å². The van der Waals surface area contributed by atoms with E-state index in [4.69, 9.17) is 29.4 Å². The lowest BCUT2D eigenvalue weighted by Gasteiger charge is -2.25. The molecule has 1 unspecified atom stereocenters. The van der Waals surface area contributed by atoms with Crippen molar-refractivity contribution in [3.05, 3.63) is 59.0 Å². The highest BCUT2D eigenvalue weighted by atomic mass is 16.5. The van der Waals surface area contributed by atoms with Crippen LogP contribution in [0.1, 0.15) is 17.0 Å². The van der Waals surface area contributed by atoms with Crippen molar-refractivity contribution < 1.29 is 23.7 Å². The first-order valence-corrected chi connectivity index (χ1v) is 9.66. The van der Waals surface area contributed by atoms with Crippen LogP contribution in [0.2, 0.25) is 0 Å². The van der Waals surface area contributed by atoms with Crippen molar-refractivity contribution in [3.8, 4) is 46.2 Å². The van der Waals surface area contributed by atoms with E-state index in [-0.39, 0.29) is 17.3 Å². The van der Waals surface area contributed by atoms with Gasteiger partial charge in [0.1, 0.15) is 17.4 Å². The maximum absolute atomic E-state index is 9.95. The number of aromatic amines is 1. The molecule has 0 spiro atoms. The fraction of sp³-hybridized carbons (Fsp3) is 0.217. The summed E-state index contributed by atoms with van der Waals surface area (Å²) in [7, 11) is 6.19. The van der Waals surface area contributed by atoms with Gasteiger partial charge in [0.25, 0.3) is 0 Å². The van der Waals surface area contributed by atoms with E-state index < -0.39 is 5.92 Å². The summed E-state index contributed by atoms with van der Waals surface area (Å²) in [5.74, 6) is 1.73. The quantitative estimate of drug-likeness (QED) is 0.605. The number of rotatable bonds is 6. The number of allylic oxidation sites excluding steroid dienone is 1. The molecule has 1 aliphatic heterocycles. The molecular formula is C23H22N4O5. The largest absolute Gasteiger partial charge is 0.497 e. The first-order valence-electron chi connectivity index (χ1n) is 9.66. The van der Waals surface area contributed by atoms with Gasteiger partial charge in [0.2, 0.25) is 17.5 Å². The lowest BCUT2D eigenvalue weighted by molar-refractivity contribution is 0.323. The highest BCUT2D eigenvalue weighted by Crippen LogP contribution is 2.49. The molecule has 0 bridgehead atoms. The van der Waals surface area contributed by atoms with Crippen LogP contribution in [-0.4, -0.2) is 38.6 Å². The SMILES string of the molecule is COc1cccc(-c2[nH]nc3c2C(c2cc(OC)c(OC)c(OC)c2)C(C#N)=C(N)O3)c1. The van der Waals surface area contributed by atoms with Crippen LogP contribution in [0.5, 0.6) is 28.9 Å². The molecule has 0 radical (unpaired) electrons. The minimum atomic E-state index is -0.586. The fourth-order valence-corrected chi connectivity index (χ4v) is 3.85. The Balaban J connectivity index is 1.98. The summed E-state index contributed by atoms with van der Waals surface area (Å²) < 4.78 is 27.5. The Morgan fingerprint density at radius 2 is 1.75 bits per heavy atom. The number of nitrogens with zero attached hydrogens (tertiary/aromatic N) is 2. The monoisotopic (exact) mass is 434 g/mol. The number of fused-ring (bicyclic) bond motifs is 1. The van der Waals surface area contributed by atoms with Crippen molar-refractivity contribution in [1.29, 1.82) is 5.26 Å². The zero-order valence-corrected chi connectivity index (χ0v) is 18.1. The fourth-order valence-electron chi connectivity index (χ4n) is 3.85. The van der Waals surface area contributed by atoms with E-state index in [1.807, 2.05) is 24.3 Å². The van der Waals surface area contributed by atoms with Gasteiger partial charge in [-0.1, -0.05) is 12.1 Å². The molecule has 0 saturated heterocycles. The van der Waals surface area contributed by atoms with Crippen LogP contribution >= 0.6 is 0 Å². The van der Waals surface area contributed by atoms with Gasteiger partial charge in [0.05, 0.1) is 45.6 Å². The van der Waals surface area contributed by atoms with Gasteiger partial charge in [-0.15, -0.1) is 5.10 Å². The van der Waals surface area contributed by atoms with Crippen molar-refractivity contribution in [1.82, 2.24) is 10.2 Å². The van der Waals surface area contributed by atoms with Crippen LogP contribution in [0.3, 0.4) is 0 Å². The summed E-state index contributed by atoms with van der Waals surface area (Å²) in [6.45, 7) is 0. The standard InChI is InChI=1S/C23H22N4O5/c1-28-14-7-5-6-12(8-14)20-19-18(15(11-24)22(25)32-23(19)27-26-20)13-9-16(29-2)21(31-4)17(10-13)30-3/h5-10,18H,25H2,1-4H3,(H,26,27). The molecule has 0 amide bonds. The summed E-state index contributed by atoms with van der Waals surface area (Å²) in [5, 5.41) is 17.3. The number of ether oxygens (including phenoxy) is 5. The number of nitriles is 1. The molecule has 0 saturated carbocycles. The maximum atomic E-state index is 9.95. The molecule has 1 aromatic heterocycles. The topological polar surface area (TPSA) is 125 Å². The molecule has 9 heteroatoms. The highest BCUT2D eigenvalue weighted by molar-refractivity contribution is 5.72. The lowest BCUT2D eigenvalue weighted by atomic mass is 9.82. The molecule has 3 N–H and O–H groups in total. The van der Waals surface area contributed by atoms with Crippen LogP contribution in [-0.2, 0) is 0 Å². The number of benzene rings is 2. The Morgan fingerprint density at radius 1 is 1.03 bits per heavy atom. The van der Waals surface area contributed by atoms with E-state index >= 15 is 0 Å². The van der Waals surface area contributed by atoms with E-state index in [1.165, 1.54) is 21.3 Å². The van der Waals surface area contributed by atoms with Crippen LogP contribution < -0.4 is 29.4 Å². The van der Waals surface area contributed by atoms with Gasteiger partial charge in [-0.25, -0.2) is 0 Å². The van der Waals surface area contributed by atoms with E-state index in [2.05, 4.69) is 16.3 Å². The molecule has 0 fully saturated rings. The summed E-state index contributed by atoms with van der Waals surface area (Å²) in [6.07, 6.45) is 0. The van der Waals surface area contributed by atoms with Crippen LogP contribution in [0.25, 0.3) is 11.3 Å². The van der Waals surface area contributed by atoms with Gasteiger partial charge in [-0.2, -0.15) is 5.26 Å². The Morgan fingerprint density at radius 3 is 2.34 bits per heavy atom. The summed E-state index contributed by atoms with van der Waals surface area (Å²) in [6, 6.07) is 13.3. The smallest absolute Gasteiger partial charge is 0.244 e. The molecule has 164 valence electrons. The molecular weight excluding hydrogens is 412 g/mol. The molecule has 4 rings (SSSR count). The van der Waals surface area contributed by atoms with Gasteiger partial charge >= 0.3 is 0 Å². The number of nitrogens with two attached hydrogens (primary N) is 1. The lowest BCUT2D eigenvalue weighted by Crippen LogP contribution is -2.21. The maximum Gasteiger partial charge on any atom is 0.244 e. The molecule has 3 aromatic rings. The second kappa shape index (κ2) is 8.43. The first kappa shape index (κ1) is 20.9. The number of methoxy groups -OCH3 is 4. The Kier molecular flexibility index (Phi) is 5.52. The molecule has 2 heterocycles. The minimum Gasteiger partial charge on any atom is -0.497 e. The number of hydrogen-bond acceptors (Lipinski definition) is 8. The van der Waals surface area contributed by atoms with E-state index in [9.17, 15) is 5.26 Å². The van der Waals surface area contributed by atoms with E-state index in [1.54, 1.807) is 19.2 Å². The molecule has 32 heavy (non-hydrogen) atoms. The Labute approximate surface area is 184 Å². The van der Waals surface area contributed by atoms with Gasteiger partial charge in [0.15, 0.2) is 11.5 Å². The van der Waals surface area contributed by atoms with E-state index in [0.717, 1.165) is 5.56 Å². The third kappa shape index (κ3) is 3.32. The Hall–Kier alpha value is -4.32.